The number of halogens is 1. The molecule has 0 amide bonds. The average Bonchev–Trinajstić information content (AvgIpc) is 3.44. The molecule has 1 unspecified atom stereocenters. The normalized spacial score (nSPS) is 28.8. The SMILES string of the molecule is Cc1ccc(B2OC3[C@@H]4OC[C@H](O4)[C@H](O2)[C@@H]3O)cc1Cc1ccc(-c2ccc(F)cc2)s1. The largest absolute Gasteiger partial charge is 0.494 e. The zero-order chi connectivity index (χ0) is 21.8. The van der Waals surface area contributed by atoms with E-state index in [4.69, 9.17) is 18.8 Å². The zero-order valence-corrected chi connectivity index (χ0v) is 18.3. The van der Waals surface area contributed by atoms with Crippen molar-refractivity contribution in [1.82, 2.24) is 0 Å². The lowest BCUT2D eigenvalue weighted by molar-refractivity contribution is -0.243. The van der Waals surface area contributed by atoms with Crippen molar-refractivity contribution in [3.8, 4) is 10.4 Å². The van der Waals surface area contributed by atoms with Crippen molar-refractivity contribution in [3.63, 3.8) is 0 Å². The number of thiophene rings is 1. The van der Waals surface area contributed by atoms with Gasteiger partial charge in [0.05, 0.1) is 6.61 Å². The summed E-state index contributed by atoms with van der Waals surface area (Å²) in [4.78, 5) is 2.34. The number of hydrogen-bond donors (Lipinski definition) is 1. The number of ether oxygens (including phenoxy) is 2. The number of fused-ring (bicyclic) bond motifs is 6. The van der Waals surface area contributed by atoms with E-state index in [0.717, 1.165) is 22.3 Å². The fourth-order valence-electron chi connectivity index (χ4n) is 4.60. The molecule has 6 rings (SSSR count). The molecule has 1 N–H and O–H groups in total. The van der Waals surface area contributed by atoms with Crippen LogP contribution in [0.4, 0.5) is 4.39 Å². The molecule has 3 fully saturated rings. The summed E-state index contributed by atoms with van der Waals surface area (Å²) in [6, 6.07) is 17.0. The smallest absolute Gasteiger partial charge is 0.399 e. The third kappa shape index (κ3) is 3.61. The van der Waals surface area contributed by atoms with Crippen LogP contribution in [-0.2, 0) is 25.2 Å². The molecule has 0 spiro atoms. The van der Waals surface area contributed by atoms with Crippen LogP contribution in [0.15, 0.2) is 54.6 Å². The molecule has 32 heavy (non-hydrogen) atoms. The minimum Gasteiger partial charge on any atom is -0.399 e. The summed E-state index contributed by atoms with van der Waals surface area (Å²) in [6.07, 6.45) is -1.79. The van der Waals surface area contributed by atoms with E-state index in [-0.39, 0.29) is 11.9 Å². The highest BCUT2D eigenvalue weighted by Gasteiger charge is 2.57. The number of rotatable bonds is 4. The molecule has 3 aliphatic rings. The fraction of sp³-hybridized carbons (Fsp3) is 0.333. The second kappa shape index (κ2) is 8.06. The first-order valence-corrected chi connectivity index (χ1v) is 11.6. The second-order valence-electron chi connectivity index (χ2n) is 8.54. The van der Waals surface area contributed by atoms with Gasteiger partial charge in [0.2, 0.25) is 0 Å². The second-order valence-corrected chi connectivity index (χ2v) is 9.70. The summed E-state index contributed by atoms with van der Waals surface area (Å²) >= 11 is 1.71. The van der Waals surface area contributed by atoms with Gasteiger partial charge in [-0.15, -0.1) is 11.3 Å². The lowest BCUT2D eigenvalue weighted by atomic mass is 9.74. The third-order valence-electron chi connectivity index (χ3n) is 6.40. The maximum absolute atomic E-state index is 13.2. The molecule has 5 nitrogen and oxygen atoms in total. The molecule has 3 saturated heterocycles. The summed E-state index contributed by atoms with van der Waals surface area (Å²) in [7, 11) is -0.568. The van der Waals surface area contributed by atoms with Gasteiger partial charge in [-0.25, -0.2) is 4.39 Å². The van der Waals surface area contributed by atoms with E-state index >= 15 is 0 Å². The molecule has 0 radical (unpaired) electrons. The molecule has 3 aromatic rings. The first kappa shape index (κ1) is 20.5. The van der Waals surface area contributed by atoms with E-state index in [1.165, 1.54) is 28.1 Å². The van der Waals surface area contributed by atoms with Gasteiger partial charge in [0.15, 0.2) is 6.29 Å². The summed E-state index contributed by atoms with van der Waals surface area (Å²) in [6.45, 7) is 2.50. The van der Waals surface area contributed by atoms with Crippen molar-refractivity contribution >= 4 is 23.9 Å². The van der Waals surface area contributed by atoms with Crippen LogP contribution < -0.4 is 5.46 Å². The number of aliphatic hydroxyl groups excluding tert-OH is 1. The van der Waals surface area contributed by atoms with Crippen molar-refractivity contribution in [3.05, 3.63) is 76.4 Å². The summed E-state index contributed by atoms with van der Waals surface area (Å²) in [5.41, 5.74) is 4.31. The maximum atomic E-state index is 13.2. The van der Waals surface area contributed by atoms with Crippen molar-refractivity contribution in [1.29, 1.82) is 0 Å². The Morgan fingerprint density at radius 3 is 2.72 bits per heavy atom. The Hall–Kier alpha value is -2.07. The van der Waals surface area contributed by atoms with Crippen LogP contribution in [-0.4, -0.2) is 49.5 Å². The lowest BCUT2D eigenvalue weighted by Gasteiger charge is -2.44. The van der Waals surface area contributed by atoms with Crippen LogP contribution in [0.5, 0.6) is 0 Å². The number of hydrogen-bond acceptors (Lipinski definition) is 6. The first-order valence-electron chi connectivity index (χ1n) is 10.8. The summed E-state index contributed by atoms with van der Waals surface area (Å²) < 4.78 is 36.7. The summed E-state index contributed by atoms with van der Waals surface area (Å²) in [5, 5.41) is 10.5. The topological polar surface area (TPSA) is 57.2 Å². The molecule has 164 valence electrons. The van der Waals surface area contributed by atoms with Crippen molar-refractivity contribution in [2.24, 2.45) is 0 Å². The highest BCUT2D eigenvalue weighted by atomic mass is 32.1. The highest BCUT2D eigenvalue weighted by Crippen LogP contribution is 2.36. The first-order chi connectivity index (χ1) is 15.5. The van der Waals surface area contributed by atoms with Crippen molar-refractivity contribution < 1.29 is 28.3 Å². The molecule has 2 aromatic carbocycles. The third-order valence-corrected chi connectivity index (χ3v) is 7.54. The molecule has 4 bridgehead atoms. The minimum atomic E-state index is -0.751. The Morgan fingerprint density at radius 2 is 1.88 bits per heavy atom. The van der Waals surface area contributed by atoms with Crippen molar-refractivity contribution in [2.45, 2.75) is 44.1 Å². The van der Waals surface area contributed by atoms with Gasteiger partial charge in [-0.1, -0.05) is 30.3 Å². The van der Waals surface area contributed by atoms with Gasteiger partial charge >= 0.3 is 7.12 Å². The van der Waals surface area contributed by atoms with Gasteiger partial charge in [-0.3, -0.25) is 0 Å². The number of aliphatic hydroxyl groups is 1. The Morgan fingerprint density at radius 1 is 1.06 bits per heavy atom. The van der Waals surface area contributed by atoms with E-state index in [1.807, 2.05) is 6.07 Å². The van der Waals surface area contributed by atoms with Gasteiger partial charge in [0, 0.05) is 16.2 Å². The van der Waals surface area contributed by atoms with E-state index in [9.17, 15) is 9.50 Å². The van der Waals surface area contributed by atoms with E-state index in [1.54, 1.807) is 23.5 Å². The van der Waals surface area contributed by atoms with Crippen LogP contribution in [0.2, 0.25) is 0 Å². The molecule has 8 heteroatoms. The zero-order valence-electron chi connectivity index (χ0n) is 17.4. The Balaban J connectivity index is 1.23. The van der Waals surface area contributed by atoms with E-state index in [2.05, 4.69) is 31.2 Å². The fourth-order valence-corrected chi connectivity index (χ4v) is 5.63. The van der Waals surface area contributed by atoms with Gasteiger partial charge in [-0.05, 0) is 53.3 Å². The monoisotopic (exact) mass is 452 g/mol. The molecule has 0 aliphatic carbocycles. The average molecular weight is 452 g/mol. The highest BCUT2D eigenvalue weighted by molar-refractivity contribution is 7.15. The van der Waals surface area contributed by atoms with Crippen LogP contribution in [0.1, 0.15) is 16.0 Å². The Kier molecular flexibility index (Phi) is 5.17. The standard InChI is InChI=1S/C24H22BFO5S/c1-13-2-5-16(25-30-22-19-12-28-24(29-19)23(31-25)21(22)27)10-15(13)11-18-8-9-20(32-18)14-3-6-17(26)7-4-14/h2-10,19,21-24,27H,11-12H2,1H3/t19-,21-,22-,23?,24+/m0/s1. The molecular weight excluding hydrogens is 430 g/mol. The predicted molar refractivity (Wildman–Crippen MR) is 119 cm³/mol. The number of benzene rings is 2. The molecule has 1 aromatic heterocycles. The van der Waals surface area contributed by atoms with E-state index < -0.39 is 31.7 Å². The number of aryl methyl sites for hydroxylation is 1. The van der Waals surface area contributed by atoms with Gasteiger partial charge in [0.25, 0.3) is 0 Å². The molecule has 4 heterocycles. The quantitative estimate of drug-likeness (QED) is 0.617. The summed E-state index contributed by atoms with van der Waals surface area (Å²) in [5.74, 6) is -0.229. The van der Waals surface area contributed by atoms with Crippen LogP contribution in [0.25, 0.3) is 10.4 Å². The molecule has 0 saturated carbocycles. The Labute approximate surface area is 189 Å². The molecular formula is C24H22BFO5S. The van der Waals surface area contributed by atoms with Gasteiger partial charge < -0.3 is 23.9 Å². The van der Waals surface area contributed by atoms with Crippen LogP contribution >= 0.6 is 11.3 Å². The van der Waals surface area contributed by atoms with Gasteiger partial charge in [0.1, 0.15) is 30.2 Å². The Bertz CT molecular complexity index is 1120. The molecule has 5 atom stereocenters. The molecule has 3 aliphatic heterocycles. The minimum absolute atomic E-state index is 0.229. The van der Waals surface area contributed by atoms with Gasteiger partial charge in [-0.2, -0.15) is 0 Å². The van der Waals surface area contributed by atoms with Crippen LogP contribution in [0.3, 0.4) is 0 Å². The van der Waals surface area contributed by atoms with Crippen molar-refractivity contribution in [2.75, 3.05) is 6.61 Å². The lowest BCUT2D eigenvalue weighted by Crippen LogP contribution is -2.65. The van der Waals surface area contributed by atoms with E-state index in [0.29, 0.717) is 6.61 Å². The predicted octanol–water partition coefficient (Wildman–Crippen LogP) is 3.05. The maximum Gasteiger partial charge on any atom is 0.494 e. The van der Waals surface area contributed by atoms with Crippen LogP contribution in [0, 0.1) is 12.7 Å².